The van der Waals surface area contributed by atoms with Crippen LogP contribution in [0.15, 0.2) is 59.2 Å². The third-order valence-corrected chi connectivity index (χ3v) is 7.01. The Labute approximate surface area is 196 Å². The molecule has 0 aliphatic carbocycles. The monoisotopic (exact) mass is 494 g/mol. The van der Waals surface area contributed by atoms with Crippen LogP contribution in [0.4, 0.5) is 0 Å². The second-order valence-electron chi connectivity index (χ2n) is 9.29. The Kier molecular flexibility index (Phi) is 5.34. The van der Waals surface area contributed by atoms with Crippen LogP contribution in [0.3, 0.4) is 0 Å². The smallest absolute Gasteiger partial charge is 0.248 e. The number of amides is 2. The van der Waals surface area contributed by atoms with E-state index in [0.717, 1.165) is 24.1 Å². The normalized spacial score (nSPS) is 21.0. The molecule has 6 nitrogen and oxygen atoms in total. The fourth-order valence-electron chi connectivity index (χ4n) is 4.88. The third kappa shape index (κ3) is 3.84. The van der Waals surface area contributed by atoms with E-state index in [4.69, 9.17) is 0 Å². The fraction of sp³-hybridized carbons (Fsp3) is 0.360. The maximum Gasteiger partial charge on any atom is 0.248 e. The van der Waals surface area contributed by atoms with Crippen molar-refractivity contribution in [2.45, 2.75) is 38.5 Å². The van der Waals surface area contributed by atoms with E-state index in [0.29, 0.717) is 13.1 Å². The number of hydrogen-bond acceptors (Lipinski definition) is 3. The number of hydrogen-bond donors (Lipinski definition) is 1. The molecule has 5 rings (SSSR count). The number of carbonyl (C=O) groups is 2. The molecule has 3 aromatic rings. The average molecular weight is 495 g/mol. The Bertz CT molecular complexity index is 1190. The Balaban J connectivity index is 1.40. The van der Waals surface area contributed by atoms with Crippen LogP contribution in [-0.4, -0.2) is 57.4 Å². The van der Waals surface area contributed by atoms with Crippen molar-refractivity contribution in [3.05, 3.63) is 70.3 Å². The van der Waals surface area contributed by atoms with Gasteiger partial charge in [-0.2, -0.15) is 0 Å². The molecule has 0 bridgehead atoms. The molecule has 32 heavy (non-hydrogen) atoms. The van der Waals surface area contributed by atoms with Crippen molar-refractivity contribution in [1.29, 1.82) is 0 Å². The summed E-state index contributed by atoms with van der Waals surface area (Å²) in [6, 6.07) is 16.4. The largest absolute Gasteiger partial charge is 0.343 e. The van der Waals surface area contributed by atoms with Crippen LogP contribution in [0.5, 0.6) is 0 Å². The van der Waals surface area contributed by atoms with Crippen molar-refractivity contribution in [1.82, 2.24) is 19.7 Å². The van der Waals surface area contributed by atoms with Crippen molar-refractivity contribution in [3.63, 3.8) is 0 Å². The van der Waals surface area contributed by atoms with E-state index >= 15 is 0 Å². The number of rotatable bonds is 4. The summed E-state index contributed by atoms with van der Waals surface area (Å²) in [4.78, 5) is 29.5. The molecular formula is C25H27BrN4O2. The van der Waals surface area contributed by atoms with Gasteiger partial charge >= 0.3 is 0 Å². The number of benzene rings is 2. The molecule has 2 amide bonds. The van der Waals surface area contributed by atoms with Gasteiger partial charge < -0.3 is 14.8 Å². The van der Waals surface area contributed by atoms with Gasteiger partial charge in [-0.1, -0.05) is 46.3 Å². The Hall–Kier alpha value is -2.64. The Morgan fingerprint density at radius 3 is 2.62 bits per heavy atom. The highest BCUT2D eigenvalue weighted by Gasteiger charge is 2.47. The molecule has 3 heterocycles. The number of nitrogens with one attached hydrogen (secondary N) is 1. The summed E-state index contributed by atoms with van der Waals surface area (Å²) in [7, 11) is 0. The molecule has 0 saturated carbocycles. The highest BCUT2D eigenvalue weighted by Crippen LogP contribution is 2.29. The zero-order chi connectivity index (χ0) is 22.5. The maximum absolute atomic E-state index is 12.8. The second-order valence-corrected chi connectivity index (χ2v) is 10.2. The van der Waals surface area contributed by atoms with Crippen LogP contribution in [0, 0.1) is 0 Å². The van der Waals surface area contributed by atoms with Gasteiger partial charge in [0, 0.05) is 54.3 Å². The molecule has 1 aromatic heterocycles. The molecule has 2 fully saturated rings. The van der Waals surface area contributed by atoms with Gasteiger partial charge in [-0.05, 0) is 43.2 Å². The van der Waals surface area contributed by atoms with Gasteiger partial charge in [-0.25, -0.2) is 0 Å². The minimum atomic E-state index is -0.826. The molecule has 166 valence electrons. The molecule has 0 radical (unpaired) electrons. The Morgan fingerprint density at radius 1 is 1.06 bits per heavy atom. The lowest BCUT2D eigenvalue weighted by atomic mass is 9.95. The standard InChI is InChI=1S/C25H27BrN4O2/c1-25(2)24(32)30-11-10-28(16-22(30)23(31)27-25)14-18-15-29(13-17-6-4-3-5-7-17)21-9-8-19(26)12-20(18)21/h3-9,12,15,22H,10-11,13-14,16H2,1-2H3,(H,27,31). The topological polar surface area (TPSA) is 57.6 Å². The molecule has 1 N–H and O–H groups in total. The predicted molar refractivity (Wildman–Crippen MR) is 128 cm³/mol. The number of carbonyl (C=O) groups excluding carboxylic acids is 2. The second kappa shape index (κ2) is 8.05. The fourth-order valence-corrected chi connectivity index (χ4v) is 5.24. The van der Waals surface area contributed by atoms with Crippen molar-refractivity contribution in [2.75, 3.05) is 19.6 Å². The van der Waals surface area contributed by atoms with E-state index < -0.39 is 11.6 Å². The lowest BCUT2D eigenvalue weighted by molar-refractivity contribution is -0.157. The van der Waals surface area contributed by atoms with Gasteiger partial charge in [0.15, 0.2) is 0 Å². The molecule has 7 heteroatoms. The first-order chi connectivity index (χ1) is 15.3. The molecule has 1 atom stereocenters. The van der Waals surface area contributed by atoms with Crippen LogP contribution in [-0.2, 0) is 22.7 Å². The molecule has 1 unspecified atom stereocenters. The van der Waals surface area contributed by atoms with Crippen LogP contribution >= 0.6 is 15.9 Å². The van der Waals surface area contributed by atoms with Crippen molar-refractivity contribution in [2.24, 2.45) is 0 Å². The highest BCUT2D eigenvalue weighted by molar-refractivity contribution is 9.10. The van der Waals surface area contributed by atoms with Gasteiger partial charge in [0.25, 0.3) is 0 Å². The summed E-state index contributed by atoms with van der Waals surface area (Å²) >= 11 is 3.62. The van der Waals surface area contributed by atoms with Crippen LogP contribution in [0.25, 0.3) is 10.9 Å². The maximum atomic E-state index is 12.8. The number of halogens is 1. The Morgan fingerprint density at radius 2 is 1.84 bits per heavy atom. The summed E-state index contributed by atoms with van der Waals surface area (Å²) in [5, 5.41) is 4.10. The zero-order valence-electron chi connectivity index (χ0n) is 18.3. The van der Waals surface area contributed by atoms with E-state index in [-0.39, 0.29) is 11.8 Å². The van der Waals surface area contributed by atoms with Gasteiger partial charge in [0.2, 0.25) is 11.8 Å². The summed E-state index contributed by atoms with van der Waals surface area (Å²) in [5.41, 5.74) is 2.85. The highest BCUT2D eigenvalue weighted by atomic mass is 79.9. The molecule has 2 aliphatic heterocycles. The molecule has 2 saturated heterocycles. The van der Waals surface area contributed by atoms with E-state index in [9.17, 15) is 9.59 Å². The summed E-state index contributed by atoms with van der Waals surface area (Å²) in [5.74, 6) is -0.0568. The molecule has 2 aromatic carbocycles. The van der Waals surface area contributed by atoms with Crippen LogP contribution in [0.2, 0.25) is 0 Å². The number of nitrogens with zero attached hydrogens (tertiary/aromatic N) is 3. The van der Waals surface area contributed by atoms with Crippen molar-refractivity contribution in [3.8, 4) is 0 Å². The molecule has 2 aliphatic rings. The van der Waals surface area contributed by atoms with Gasteiger partial charge in [-0.15, -0.1) is 0 Å². The van der Waals surface area contributed by atoms with E-state index in [1.165, 1.54) is 22.0 Å². The van der Waals surface area contributed by atoms with E-state index in [1.807, 2.05) is 6.07 Å². The first-order valence-electron chi connectivity index (χ1n) is 11.0. The SMILES string of the molecule is CC1(C)NC(=O)C2CN(Cc3cn(Cc4ccccc4)c4ccc(Br)cc34)CCN2C1=O. The minimum Gasteiger partial charge on any atom is -0.343 e. The minimum absolute atomic E-state index is 0.00476. The summed E-state index contributed by atoms with van der Waals surface area (Å²) in [6.07, 6.45) is 2.23. The van der Waals surface area contributed by atoms with Crippen molar-refractivity contribution >= 4 is 38.6 Å². The average Bonchev–Trinajstić information content (AvgIpc) is 3.09. The van der Waals surface area contributed by atoms with E-state index in [2.05, 4.69) is 79.4 Å². The van der Waals surface area contributed by atoms with Gasteiger partial charge in [0.1, 0.15) is 11.6 Å². The van der Waals surface area contributed by atoms with E-state index in [1.54, 1.807) is 18.7 Å². The lowest BCUT2D eigenvalue weighted by Crippen LogP contribution is -2.72. The number of aromatic nitrogens is 1. The first kappa shape index (κ1) is 21.2. The van der Waals surface area contributed by atoms with Crippen LogP contribution < -0.4 is 5.32 Å². The molecule has 0 spiro atoms. The van der Waals surface area contributed by atoms with Crippen LogP contribution in [0.1, 0.15) is 25.0 Å². The lowest BCUT2D eigenvalue weighted by Gasteiger charge is -2.47. The quantitative estimate of drug-likeness (QED) is 0.604. The summed E-state index contributed by atoms with van der Waals surface area (Å²) < 4.78 is 3.34. The zero-order valence-corrected chi connectivity index (χ0v) is 19.9. The summed E-state index contributed by atoms with van der Waals surface area (Å²) in [6.45, 7) is 6.97. The molecular weight excluding hydrogens is 468 g/mol. The third-order valence-electron chi connectivity index (χ3n) is 6.51. The number of fused-ring (bicyclic) bond motifs is 2. The van der Waals surface area contributed by atoms with Crippen molar-refractivity contribution < 1.29 is 9.59 Å². The predicted octanol–water partition coefficient (Wildman–Crippen LogP) is 3.37. The van der Waals surface area contributed by atoms with Gasteiger partial charge in [0.05, 0.1) is 0 Å². The first-order valence-corrected chi connectivity index (χ1v) is 11.8. The number of piperazine rings is 2. The van der Waals surface area contributed by atoms with Gasteiger partial charge in [-0.3, -0.25) is 14.5 Å².